The standard InChI is InChI=1S/C9H14Cl2Si/c10-9(11,12)5-8-4-6-1-2-7(8)3-6/h1-2,6-8H,3-5H2,12H3. The van der Waals surface area contributed by atoms with E-state index in [-0.39, 0.29) is 3.96 Å². The van der Waals surface area contributed by atoms with Gasteiger partial charge in [-0.3, -0.25) is 0 Å². The quantitative estimate of drug-likeness (QED) is 0.380. The van der Waals surface area contributed by atoms with E-state index < -0.39 is 0 Å². The molecule has 2 aliphatic carbocycles. The minimum absolute atomic E-state index is 0.386. The van der Waals surface area contributed by atoms with Crippen LogP contribution in [0.4, 0.5) is 0 Å². The van der Waals surface area contributed by atoms with Crippen LogP contribution in [0.2, 0.25) is 0 Å². The van der Waals surface area contributed by atoms with Crippen molar-refractivity contribution >= 4 is 33.4 Å². The summed E-state index contributed by atoms with van der Waals surface area (Å²) < 4.78 is -0.386. The van der Waals surface area contributed by atoms with Crippen molar-refractivity contribution in [2.75, 3.05) is 0 Å². The Morgan fingerprint density at radius 3 is 2.50 bits per heavy atom. The molecule has 12 heavy (non-hydrogen) atoms. The molecular formula is C9H14Cl2Si. The smallest absolute Gasteiger partial charge is 0.0975 e. The van der Waals surface area contributed by atoms with E-state index in [9.17, 15) is 0 Å². The molecule has 0 aromatic heterocycles. The summed E-state index contributed by atoms with van der Waals surface area (Å²) in [6.45, 7) is 0. The first-order chi connectivity index (χ1) is 5.54. The number of alkyl halides is 2. The highest BCUT2D eigenvalue weighted by molar-refractivity contribution is 6.65. The van der Waals surface area contributed by atoms with Crippen LogP contribution in [0.25, 0.3) is 0 Å². The van der Waals surface area contributed by atoms with E-state index in [2.05, 4.69) is 12.2 Å². The zero-order valence-corrected chi connectivity index (χ0v) is 10.8. The highest BCUT2D eigenvalue weighted by Gasteiger charge is 2.38. The fraction of sp³-hybridized carbons (Fsp3) is 0.778. The highest BCUT2D eigenvalue weighted by Crippen LogP contribution is 2.47. The van der Waals surface area contributed by atoms with E-state index in [0.717, 1.165) is 34.4 Å². The molecule has 0 aromatic rings. The van der Waals surface area contributed by atoms with Crippen molar-refractivity contribution in [1.29, 1.82) is 0 Å². The summed E-state index contributed by atoms with van der Waals surface area (Å²) in [6, 6.07) is 0. The van der Waals surface area contributed by atoms with Crippen LogP contribution in [0.3, 0.4) is 0 Å². The van der Waals surface area contributed by atoms with Crippen LogP contribution in [0.5, 0.6) is 0 Å². The van der Waals surface area contributed by atoms with E-state index in [0.29, 0.717) is 0 Å². The average Bonchev–Trinajstić information content (AvgIpc) is 2.42. The fourth-order valence-corrected chi connectivity index (χ4v) is 3.51. The number of halogens is 2. The van der Waals surface area contributed by atoms with Gasteiger partial charge in [0, 0.05) is 10.2 Å². The molecule has 0 spiro atoms. The van der Waals surface area contributed by atoms with Gasteiger partial charge in [-0.15, -0.1) is 23.2 Å². The summed E-state index contributed by atoms with van der Waals surface area (Å²) in [6.07, 6.45) is 8.41. The Bertz CT molecular complexity index is 207. The third kappa shape index (κ3) is 1.89. The van der Waals surface area contributed by atoms with E-state index in [1.807, 2.05) is 0 Å². The summed E-state index contributed by atoms with van der Waals surface area (Å²) in [7, 11) is 0.878. The van der Waals surface area contributed by atoms with E-state index in [1.54, 1.807) is 0 Å². The van der Waals surface area contributed by atoms with Crippen molar-refractivity contribution in [3.05, 3.63) is 12.2 Å². The predicted octanol–water partition coefficient (Wildman–Crippen LogP) is 2.09. The largest absolute Gasteiger partial charge is 0.107 e. The fourth-order valence-electron chi connectivity index (χ4n) is 2.59. The molecule has 0 aromatic carbocycles. The Hall–Kier alpha value is 0.537. The Morgan fingerprint density at radius 2 is 2.08 bits per heavy atom. The maximum atomic E-state index is 6.05. The molecule has 0 radical (unpaired) electrons. The topological polar surface area (TPSA) is 0 Å². The molecule has 0 nitrogen and oxygen atoms in total. The van der Waals surface area contributed by atoms with Crippen molar-refractivity contribution in [3.8, 4) is 0 Å². The van der Waals surface area contributed by atoms with Crippen molar-refractivity contribution in [3.63, 3.8) is 0 Å². The lowest BCUT2D eigenvalue weighted by Gasteiger charge is -2.23. The Morgan fingerprint density at radius 1 is 1.33 bits per heavy atom. The molecule has 0 N–H and O–H groups in total. The van der Waals surface area contributed by atoms with Crippen LogP contribution in [0.15, 0.2) is 12.2 Å². The maximum absolute atomic E-state index is 6.05. The third-order valence-electron chi connectivity index (χ3n) is 3.04. The van der Waals surface area contributed by atoms with Gasteiger partial charge in [0.25, 0.3) is 0 Å². The highest BCUT2D eigenvalue weighted by atomic mass is 35.5. The number of rotatable bonds is 2. The molecule has 0 saturated heterocycles. The second-order valence-electron chi connectivity index (χ2n) is 4.31. The summed E-state index contributed by atoms with van der Waals surface area (Å²) in [5.74, 6) is 2.41. The van der Waals surface area contributed by atoms with E-state index in [4.69, 9.17) is 23.2 Å². The molecular weight excluding hydrogens is 207 g/mol. The summed E-state index contributed by atoms with van der Waals surface area (Å²) in [5.41, 5.74) is 0. The predicted molar refractivity (Wildman–Crippen MR) is 57.8 cm³/mol. The van der Waals surface area contributed by atoms with Crippen molar-refractivity contribution < 1.29 is 0 Å². The van der Waals surface area contributed by atoms with Crippen LogP contribution in [0.1, 0.15) is 19.3 Å². The first kappa shape index (κ1) is 9.11. The van der Waals surface area contributed by atoms with Gasteiger partial charge >= 0.3 is 0 Å². The summed E-state index contributed by atoms with van der Waals surface area (Å²) in [5, 5.41) is 0. The lowest BCUT2D eigenvalue weighted by atomic mass is 9.91. The number of fused-ring (bicyclic) bond motifs is 2. The van der Waals surface area contributed by atoms with Crippen LogP contribution >= 0.6 is 23.2 Å². The normalized spacial score (nSPS) is 39.7. The Labute approximate surface area is 86.7 Å². The molecule has 3 heteroatoms. The van der Waals surface area contributed by atoms with Crippen LogP contribution in [-0.2, 0) is 0 Å². The van der Waals surface area contributed by atoms with Gasteiger partial charge in [0.15, 0.2) is 0 Å². The Balaban J connectivity index is 1.96. The van der Waals surface area contributed by atoms with Crippen LogP contribution < -0.4 is 0 Å². The third-order valence-corrected chi connectivity index (χ3v) is 3.75. The summed E-state index contributed by atoms with van der Waals surface area (Å²) in [4.78, 5) is 0. The molecule has 2 aliphatic rings. The zero-order valence-electron chi connectivity index (χ0n) is 7.26. The van der Waals surface area contributed by atoms with Gasteiger partial charge in [-0.1, -0.05) is 12.2 Å². The first-order valence-electron chi connectivity index (χ1n) is 4.61. The molecule has 1 saturated carbocycles. The zero-order chi connectivity index (χ0) is 8.77. The molecule has 2 rings (SSSR count). The van der Waals surface area contributed by atoms with Gasteiger partial charge in [0.1, 0.15) is 0 Å². The van der Waals surface area contributed by atoms with Gasteiger partial charge in [0.2, 0.25) is 0 Å². The van der Waals surface area contributed by atoms with Gasteiger partial charge in [-0.05, 0) is 37.0 Å². The molecule has 68 valence electrons. The Kier molecular flexibility index (Phi) is 2.30. The molecule has 0 heterocycles. The average molecular weight is 221 g/mol. The minimum Gasteiger partial charge on any atom is -0.107 e. The SMILES string of the molecule is [SiH3]C(Cl)(Cl)CC1CC2C=CC1C2. The van der Waals surface area contributed by atoms with Gasteiger partial charge in [-0.2, -0.15) is 0 Å². The van der Waals surface area contributed by atoms with Crippen LogP contribution in [0, 0.1) is 17.8 Å². The van der Waals surface area contributed by atoms with E-state index in [1.165, 1.54) is 12.8 Å². The minimum atomic E-state index is -0.386. The molecule has 3 atom stereocenters. The first-order valence-corrected chi connectivity index (χ1v) is 6.36. The second-order valence-corrected chi connectivity index (χ2v) is 9.15. The lowest BCUT2D eigenvalue weighted by molar-refractivity contribution is 0.420. The molecule has 1 fully saturated rings. The summed E-state index contributed by atoms with van der Waals surface area (Å²) >= 11 is 12.1. The van der Waals surface area contributed by atoms with Crippen molar-refractivity contribution in [2.24, 2.45) is 17.8 Å². The van der Waals surface area contributed by atoms with Crippen molar-refractivity contribution in [2.45, 2.75) is 23.2 Å². The van der Waals surface area contributed by atoms with Crippen LogP contribution in [-0.4, -0.2) is 14.2 Å². The monoisotopic (exact) mass is 220 g/mol. The second kappa shape index (κ2) is 3.04. The van der Waals surface area contributed by atoms with E-state index >= 15 is 0 Å². The molecule has 3 unspecified atom stereocenters. The number of hydrogen-bond acceptors (Lipinski definition) is 0. The van der Waals surface area contributed by atoms with Gasteiger partial charge < -0.3 is 0 Å². The molecule has 0 amide bonds. The number of allylic oxidation sites excluding steroid dienone is 2. The van der Waals surface area contributed by atoms with Gasteiger partial charge in [0.05, 0.1) is 3.96 Å². The molecule has 2 bridgehead atoms. The lowest BCUT2D eigenvalue weighted by Crippen LogP contribution is -2.20. The molecule has 0 aliphatic heterocycles. The van der Waals surface area contributed by atoms with Crippen molar-refractivity contribution in [1.82, 2.24) is 0 Å². The van der Waals surface area contributed by atoms with Gasteiger partial charge in [-0.25, -0.2) is 0 Å². The number of hydrogen-bond donors (Lipinski definition) is 0. The maximum Gasteiger partial charge on any atom is 0.0975 e.